The van der Waals surface area contributed by atoms with Gasteiger partial charge in [-0.15, -0.1) is 10.2 Å². The molecule has 1 atom stereocenters. The van der Waals surface area contributed by atoms with E-state index in [2.05, 4.69) is 25.9 Å². The third-order valence-electron chi connectivity index (χ3n) is 4.32. The summed E-state index contributed by atoms with van der Waals surface area (Å²) in [7, 11) is 0. The molecule has 9 nitrogen and oxygen atoms in total. The number of hydrogen-bond donors (Lipinski definition) is 3. The monoisotopic (exact) mass is 333 g/mol. The van der Waals surface area contributed by atoms with E-state index in [0.717, 1.165) is 42.9 Å². The summed E-state index contributed by atoms with van der Waals surface area (Å²) < 4.78 is 3.71. The molecule has 0 spiro atoms. The average molecular weight is 333 g/mol. The van der Waals surface area contributed by atoms with E-state index in [1.54, 1.807) is 12.5 Å². The second-order valence-electron chi connectivity index (χ2n) is 5.80. The fraction of sp³-hybridized carbons (Fsp3) is 0.600. The molecule has 24 heavy (non-hydrogen) atoms. The molecule has 130 valence electrons. The number of aromatic nitrogens is 5. The van der Waals surface area contributed by atoms with Crippen molar-refractivity contribution >= 4 is 6.03 Å². The molecule has 9 heteroatoms. The fourth-order valence-electron chi connectivity index (χ4n) is 3.10. The zero-order chi connectivity index (χ0) is 16.9. The predicted octanol–water partition coefficient (Wildman–Crippen LogP) is 0.364. The van der Waals surface area contributed by atoms with Gasteiger partial charge in [-0.2, -0.15) is 5.10 Å². The Bertz CT molecular complexity index is 694. The van der Waals surface area contributed by atoms with Gasteiger partial charge in [0.25, 0.3) is 0 Å². The van der Waals surface area contributed by atoms with E-state index < -0.39 is 0 Å². The number of nitrogens with zero attached hydrogens (tertiary/aromatic N) is 5. The first-order valence-corrected chi connectivity index (χ1v) is 8.29. The van der Waals surface area contributed by atoms with Crippen LogP contribution in [0.5, 0.6) is 0 Å². The molecule has 0 fully saturated rings. The number of aryl methyl sites for hydroxylation is 1. The van der Waals surface area contributed by atoms with Crippen LogP contribution in [0.3, 0.4) is 0 Å². The highest BCUT2D eigenvalue weighted by molar-refractivity contribution is 5.74. The molecule has 3 rings (SSSR count). The molecule has 0 radical (unpaired) electrons. The van der Waals surface area contributed by atoms with Crippen LogP contribution in [-0.4, -0.2) is 42.3 Å². The minimum Gasteiger partial charge on any atom is -0.394 e. The Labute approximate surface area is 140 Å². The van der Waals surface area contributed by atoms with Crippen molar-refractivity contribution in [1.82, 2.24) is 35.2 Å². The van der Waals surface area contributed by atoms with Gasteiger partial charge in [-0.3, -0.25) is 4.68 Å². The van der Waals surface area contributed by atoms with Gasteiger partial charge in [0.05, 0.1) is 31.9 Å². The van der Waals surface area contributed by atoms with Gasteiger partial charge in [-0.1, -0.05) is 0 Å². The number of nitrogens with one attached hydrogen (secondary N) is 2. The first kappa shape index (κ1) is 16.4. The summed E-state index contributed by atoms with van der Waals surface area (Å²) in [6, 6.07) is -0.279. The van der Waals surface area contributed by atoms with Crippen LogP contribution < -0.4 is 10.6 Å². The molecule has 0 aliphatic heterocycles. The maximum atomic E-state index is 12.2. The minimum atomic E-state index is -0.228. The Morgan fingerprint density at radius 2 is 2.38 bits per heavy atom. The lowest BCUT2D eigenvalue weighted by Gasteiger charge is -2.24. The zero-order valence-corrected chi connectivity index (χ0v) is 13.8. The normalized spacial score (nSPS) is 16.7. The van der Waals surface area contributed by atoms with Crippen molar-refractivity contribution in [1.29, 1.82) is 0 Å². The van der Waals surface area contributed by atoms with Crippen LogP contribution in [0.25, 0.3) is 0 Å². The standard InChI is InChI=1S/C15H23N7O2/c1-2-21-10-17-20-14(21)9-16-15(24)19-12-4-3-5-13-11(12)8-18-22(13)6-7-23/h8,10,12,23H,2-7,9H2,1H3,(H2,16,19,24). The van der Waals surface area contributed by atoms with Crippen molar-refractivity contribution in [3.8, 4) is 0 Å². The van der Waals surface area contributed by atoms with E-state index in [1.165, 1.54) is 0 Å². The quantitative estimate of drug-likeness (QED) is 0.707. The number of urea groups is 1. The Morgan fingerprint density at radius 3 is 3.17 bits per heavy atom. The van der Waals surface area contributed by atoms with Crippen molar-refractivity contribution in [2.45, 2.75) is 51.9 Å². The summed E-state index contributed by atoms with van der Waals surface area (Å²) in [5.41, 5.74) is 2.15. The topological polar surface area (TPSA) is 110 Å². The Kier molecular flexibility index (Phi) is 5.09. The first-order valence-electron chi connectivity index (χ1n) is 8.29. The lowest BCUT2D eigenvalue weighted by Crippen LogP contribution is -2.39. The van der Waals surface area contributed by atoms with E-state index in [4.69, 9.17) is 5.11 Å². The summed E-state index contributed by atoms with van der Waals surface area (Å²) in [5.74, 6) is 0.729. The van der Waals surface area contributed by atoms with Crippen molar-refractivity contribution in [2.24, 2.45) is 0 Å². The highest BCUT2D eigenvalue weighted by Crippen LogP contribution is 2.29. The predicted molar refractivity (Wildman–Crippen MR) is 86.1 cm³/mol. The molecular weight excluding hydrogens is 310 g/mol. The third kappa shape index (κ3) is 3.40. The fourth-order valence-corrected chi connectivity index (χ4v) is 3.10. The van der Waals surface area contributed by atoms with E-state index in [1.807, 2.05) is 16.2 Å². The molecule has 2 aromatic rings. The molecule has 1 aliphatic carbocycles. The van der Waals surface area contributed by atoms with Gasteiger partial charge in [0.15, 0.2) is 5.82 Å². The van der Waals surface area contributed by atoms with Gasteiger partial charge >= 0.3 is 6.03 Å². The van der Waals surface area contributed by atoms with Gasteiger partial charge in [0.1, 0.15) is 6.33 Å². The molecule has 3 N–H and O–H groups in total. The molecule has 2 amide bonds. The smallest absolute Gasteiger partial charge is 0.315 e. The molecule has 1 aliphatic rings. The van der Waals surface area contributed by atoms with Gasteiger partial charge in [-0.25, -0.2) is 4.79 Å². The molecule has 2 aromatic heterocycles. The number of rotatable bonds is 6. The van der Waals surface area contributed by atoms with Crippen LogP contribution in [0.15, 0.2) is 12.5 Å². The Balaban J connectivity index is 1.59. The van der Waals surface area contributed by atoms with Crippen molar-refractivity contribution in [3.63, 3.8) is 0 Å². The van der Waals surface area contributed by atoms with Crippen molar-refractivity contribution in [2.75, 3.05) is 6.61 Å². The number of aliphatic hydroxyl groups excluding tert-OH is 1. The van der Waals surface area contributed by atoms with Crippen LogP contribution in [0, 0.1) is 0 Å². The Morgan fingerprint density at radius 1 is 1.50 bits per heavy atom. The van der Waals surface area contributed by atoms with Gasteiger partial charge < -0.3 is 20.3 Å². The minimum absolute atomic E-state index is 0.0507. The van der Waals surface area contributed by atoms with Crippen LogP contribution in [0.4, 0.5) is 4.79 Å². The largest absolute Gasteiger partial charge is 0.394 e. The Hall–Kier alpha value is -2.42. The van der Waals surface area contributed by atoms with Crippen molar-refractivity contribution < 1.29 is 9.90 Å². The SMILES string of the molecule is CCn1cnnc1CNC(=O)NC1CCCc2c1cnn2CCO. The van der Waals surface area contributed by atoms with Gasteiger partial charge in [0, 0.05) is 17.8 Å². The number of carbonyl (C=O) groups excluding carboxylic acids is 1. The second kappa shape index (κ2) is 7.43. The third-order valence-corrected chi connectivity index (χ3v) is 4.32. The molecule has 1 unspecified atom stereocenters. The number of fused-ring (bicyclic) bond motifs is 1. The van der Waals surface area contributed by atoms with E-state index in [-0.39, 0.29) is 18.7 Å². The average Bonchev–Trinajstić information content (AvgIpc) is 3.21. The number of carbonyl (C=O) groups is 1. The number of amides is 2. The summed E-state index contributed by atoms with van der Waals surface area (Å²) in [6.45, 7) is 3.65. The summed E-state index contributed by atoms with van der Waals surface area (Å²) in [4.78, 5) is 12.2. The number of hydrogen-bond acceptors (Lipinski definition) is 5. The lowest BCUT2D eigenvalue weighted by molar-refractivity contribution is 0.234. The summed E-state index contributed by atoms with van der Waals surface area (Å²) in [6.07, 6.45) is 6.24. The molecule has 0 bridgehead atoms. The molecule has 0 aromatic carbocycles. The van der Waals surface area contributed by atoms with E-state index in [0.29, 0.717) is 13.1 Å². The van der Waals surface area contributed by atoms with Crippen LogP contribution in [0.2, 0.25) is 0 Å². The maximum absolute atomic E-state index is 12.2. The van der Waals surface area contributed by atoms with Crippen LogP contribution >= 0.6 is 0 Å². The van der Waals surface area contributed by atoms with E-state index in [9.17, 15) is 4.79 Å². The molecular formula is C15H23N7O2. The molecule has 0 saturated carbocycles. The zero-order valence-electron chi connectivity index (χ0n) is 13.8. The maximum Gasteiger partial charge on any atom is 0.315 e. The summed E-state index contributed by atoms with van der Waals surface area (Å²) in [5, 5.41) is 27.1. The second-order valence-corrected chi connectivity index (χ2v) is 5.80. The van der Waals surface area contributed by atoms with Crippen LogP contribution in [0.1, 0.15) is 42.9 Å². The van der Waals surface area contributed by atoms with Crippen LogP contribution in [-0.2, 0) is 26.1 Å². The highest BCUT2D eigenvalue weighted by atomic mass is 16.3. The number of aliphatic hydroxyl groups is 1. The first-order chi connectivity index (χ1) is 11.7. The van der Waals surface area contributed by atoms with E-state index >= 15 is 0 Å². The molecule has 2 heterocycles. The van der Waals surface area contributed by atoms with Crippen molar-refractivity contribution in [3.05, 3.63) is 29.6 Å². The lowest BCUT2D eigenvalue weighted by atomic mass is 9.93. The summed E-state index contributed by atoms with van der Waals surface area (Å²) >= 11 is 0. The molecule has 0 saturated heterocycles. The van der Waals surface area contributed by atoms with Gasteiger partial charge in [0.2, 0.25) is 0 Å². The highest BCUT2D eigenvalue weighted by Gasteiger charge is 2.25. The van der Waals surface area contributed by atoms with Gasteiger partial charge in [-0.05, 0) is 26.2 Å².